The Kier molecular flexibility index (Phi) is 7.81. The number of hydrogen-bond donors (Lipinski definition) is 3. The van der Waals surface area contributed by atoms with Gasteiger partial charge in [0.05, 0.1) is 16.2 Å². The topological polar surface area (TPSA) is 76.6 Å². The summed E-state index contributed by atoms with van der Waals surface area (Å²) in [6.07, 6.45) is -10.6. The number of aromatic nitrogens is 3. The van der Waals surface area contributed by atoms with E-state index >= 15 is 0 Å². The maximum atomic E-state index is 13.5. The summed E-state index contributed by atoms with van der Waals surface area (Å²) in [5.74, 6) is -0.326. The van der Waals surface area contributed by atoms with Gasteiger partial charge in [-0.15, -0.1) is 13.2 Å². The molecule has 1 aliphatic rings. The third-order valence-electron chi connectivity index (χ3n) is 6.76. The third kappa shape index (κ3) is 6.15. The minimum atomic E-state index is -4.84. The number of nitrogens with zero attached hydrogens (tertiary/aromatic N) is 3. The first-order valence-electron chi connectivity index (χ1n) is 12.6. The Balaban J connectivity index is 1.61. The molecule has 3 unspecified atom stereocenters. The average molecular weight is 611 g/mol. The smallest absolute Gasteiger partial charge is 0.406 e. The van der Waals surface area contributed by atoms with Gasteiger partial charge in [-0.25, -0.2) is 9.29 Å². The van der Waals surface area contributed by atoms with Gasteiger partial charge >= 0.3 is 12.5 Å². The van der Waals surface area contributed by atoms with E-state index in [0.717, 1.165) is 16.1 Å². The molecule has 0 bridgehead atoms. The van der Waals surface area contributed by atoms with Crippen molar-refractivity contribution in [3.63, 3.8) is 0 Å². The van der Waals surface area contributed by atoms with Crippen LogP contribution in [-0.2, 0) is 19.8 Å². The Morgan fingerprint density at radius 2 is 1.76 bits per heavy atom. The van der Waals surface area contributed by atoms with Crippen molar-refractivity contribution in [3.05, 3.63) is 88.9 Å². The first kappa shape index (κ1) is 29.6. The number of aliphatic hydroxyl groups is 1. The number of aliphatic hydroxyl groups excluding tert-OH is 1. The van der Waals surface area contributed by atoms with Crippen molar-refractivity contribution in [2.24, 2.45) is 7.05 Å². The highest BCUT2D eigenvalue weighted by molar-refractivity contribution is 8.09. The van der Waals surface area contributed by atoms with E-state index in [0.29, 0.717) is 33.1 Å². The summed E-state index contributed by atoms with van der Waals surface area (Å²) in [6, 6.07) is 14.6. The second-order valence-corrected chi connectivity index (χ2v) is 11.7. The van der Waals surface area contributed by atoms with Gasteiger partial charge in [-0.1, -0.05) is 6.07 Å². The first-order valence-corrected chi connectivity index (χ1v) is 13.9. The molecule has 0 saturated heterocycles. The van der Waals surface area contributed by atoms with Crippen LogP contribution in [0.3, 0.4) is 0 Å². The molecular weight excluding hydrogens is 584 g/mol. The summed E-state index contributed by atoms with van der Waals surface area (Å²) < 4.78 is 85.0. The van der Waals surface area contributed by atoms with Gasteiger partial charge in [-0.05, 0) is 73.3 Å². The molecule has 0 saturated carbocycles. The first-order chi connectivity index (χ1) is 19.7. The lowest BCUT2D eigenvalue weighted by atomic mass is 10.0. The number of hydrogen-bond acceptors (Lipinski definition) is 5. The predicted octanol–water partition coefficient (Wildman–Crippen LogP) is 5.96. The fourth-order valence-electron chi connectivity index (χ4n) is 4.66. The Morgan fingerprint density at radius 3 is 2.36 bits per heavy atom. The molecule has 5 rings (SSSR count). The van der Waals surface area contributed by atoms with Crippen molar-refractivity contribution in [1.82, 2.24) is 14.8 Å². The number of benzene rings is 2. The van der Waals surface area contributed by atoms with Crippen LogP contribution in [0.1, 0.15) is 41.2 Å². The molecule has 2 aromatic heterocycles. The van der Waals surface area contributed by atoms with Gasteiger partial charge in [0.1, 0.15) is 35.6 Å². The van der Waals surface area contributed by atoms with Crippen LogP contribution < -0.4 is 14.4 Å². The van der Waals surface area contributed by atoms with E-state index in [1.807, 2.05) is 12.3 Å². The zero-order valence-corrected chi connectivity index (χ0v) is 23.3. The van der Waals surface area contributed by atoms with Gasteiger partial charge in [-0.2, -0.15) is 18.3 Å². The molecule has 4 aromatic rings. The summed E-state index contributed by atoms with van der Waals surface area (Å²) in [7, 11) is 0.939. The Morgan fingerprint density at radius 1 is 1.05 bits per heavy atom. The number of ether oxygens (including phenoxy) is 1. The highest BCUT2D eigenvalue weighted by Gasteiger charge is 2.36. The normalized spacial score (nSPS) is 16.7. The molecule has 42 heavy (non-hydrogen) atoms. The SMILES string of the molecule is CC=S(c1ccc(OC(F)(F)F)cc1)[NH+]1Cc2ccc(C(F)(F)F)nc2Nc2ccc(C(O)c3cc(C)n(C)n3)cc21. The second kappa shape index (κ2) is 11.1. The van der Waals surface area contributed by atoms with Crippen LogP contribution in [0, 0.1) is 6.92 Å². The van der Waals surface area contributed by atoms with Gasteiger partial charge in [0.15, 0.2) is 5.69 Å². The molecule has 3 atom stereocenters. The molecule has 0 radical (unpaired) electrons. The van der Waals surface area contributed by atoms with E-state index in [9.17, 15) is 31.4 Å². The molecule has 7 nitrogen and oxygen atoms in total. The van der Waals surface area contributed by atoms with Crippen LogP contribution in [0.4, 0.5) is 43.5 Å². The molecule has 0 aliphatic carbocycles. The highest BCUT2D eigenvalue weighted by Crippen LogP contribution is 2.37. The van der Waals surface area contributed by atoms with Crippen molar-refractivity contribution < 1.29 is 40.5 Å². The molecular formula is C28H26F6N5O2S+. The lowest BCUT2D eigenvalue weighted by Gasteiger charge is -2.23. The van der Waals surface area contributed by atoms with Crippen molar-refractivity contribution in [2.45, 2.75) is 43.9 Å². The fourth-order valence-corrected chi connectivity index (χ4v) is 6.65. The van der Waals surface area contributed by atoms with E-state index in [-0.39, 0.29) is 18.1 Å². The van der Waals surface area contributed by atoms with Crippen LogP contribution in [0.2, 0.25) is 0 Å². The van der Waals surface area contributed by atoms with Crippen LogP contribution in [0.5, 0.6) is 5.75 Å². The van der Waals surface area contributed by atoms with Gasteiger partial charge in [0.2, 0.25) is 0 Å². The second-order valence-electron chi connectivity index (χ2n) is 9.56. The zero-order valence-electron chi connectivity index (χ0n) is 22.5. The fraction of sp³-hybridized carbons (Fsp3) is 0.250. The third-order valence-corrected chi connectivity index (χ3v) is 8.90. The maximum absolute atomic E-state index is 13.5. The number of alkyl halides is 6. The van der Waals surface area contributed by atoms with E-state index in [4.69, 9.17) is 0 Å². The predicted molar refractivity (Wildman–Crippen MR) is 146 cm³/mol. The standard InChI is InChI=1S/C28H25F6N5O2S/c1-4-42(20-9-7-19(8-10-20)41-28(32,33)34)39-15-18-6-12-24(27(29,30)31)36-26(18)35-21-11-5-17(14-23(21)39)25(40)22-13-16(2)38(3)37-22/h4-14,25,40H,15H2,1-3H3,(H,35,36)/p+1. The number of rotatable bonds is 5. The summed E-state index contributed by atoms with van der Waals surface area (Å²) in [6.45, 7) is 3.84. The Bertz CT molecular complexity index is 1630. The van der Waals surface area contributed by atoms with Gasteiger partial charge in [-0.3, -0.25) is 4.68 Å². The largest absolute Gasteiger partial charge is 0.573 e. The maximum Gasteiger partial charge on any atom is 0.573 e. The van der Waals surface area contributed by atoms with Crippen molar-refractivity contribution in [3.8, 4) is 5.75 Å². The van der Waals surface area contributed by atoms with Gasteiger partial charge in [0, 0.05) is 29.5 Å². The molecule has 0 spiro atoms. The minimum Gasteiger partial charge on any atom is -0.406 e. The monoisotopic (exact) mass is 610 g/mol. The molecule has 3 N–H and O–H groups in total. The number of aryl methyl sites for hydroxylation is 2. The number of nitrogens with one attached hydrogen (secondary N) is 2. The van der Waals surface area contributed by atoms with Crippen LogP contribution in [0.25, 0.3) is 0 Å². The summed E-state index contributed by atoms with van der Waals surface area (Å²) in [4.78, 5) is 4.53. The average Bonchev–Trinajstić information content (AvgIpc) is 3.17. The van der Waals surface area contributed by atoms with E-state index < -0.39 is 35.0 Å². The molecule has 222 valence electrons. The number of anilines is 2. The quantitative estimate of drug-likeness (QED) is 0.192. The molecule has 2 aromatic carbocycles. The van der Waals surface area contributed by atoms with E-state index in [1.54, 1.807) is 42.9 Å². The van der Waals surface area contributed by atoms with Crippen LogP contribution in [0.15, 0.2) is 65.6 Å². The van der Waals surface area contributed by atoms with E-state index in [1.165, 1.54) is 30.3 Å². The zero-order chi connectivity index (χ0) is 30.4. The molecule has 0 fully saturated rings. The van der Waals surface area contributed by atoms with Crippen molar-refractivity contribution in [2.75, 3.05) is 5.32 Å². The molecule has 3 heterocycles. The summed E-state index contributed by atoms with van der Waals surface area (Å²) >= 11 is 0. The van der Waals surface area contributed by atoms with Gasteiger partial charge in [0.25, 0.3) is 0 Å². The lowest BCUT2D eigenvalue weighted by molar-refractivity contribution is -0.694. The van der Waals surface area contributed by atoms with Crippen LogP contribution >= 0.6 is 10.7 Å². The van der Waals surface area contributed by atoms with Crippen molar-refractivity contribution >= 4 is 33.2 Å². The highest BCUT2D eigenvalue weighted by atomic mass is 32.2. The molecule has 14 heteroatoms. The molecule has 1 aliphatic heterocycles. The van der Waals surface area contributed by atoms with Crippen LogP contribution in [-0.4, -0.2) is 31.6 Å². The van der Waals surface area contributed by atoms with E-state index in [2.05, 4.69) is 20.1 Å². The van der Waals surface area contributed by atoms with Gasteiger partial charge < -0.3 is 15.2 Å². The number of quaternary nitrogens is 1. The Labute approximate surface area is 239 Å². The summed E-state index contributed by atoms with van der Waals surface area (Å²) in [5.41, 5.74) is 2.34. The number of pyridine rings is 1. The number of halogens is 6. The minimum absolute atomic E-state index is 0.0447. The Hall–Kier alpha value is -3.88. The summed E-state index contributed by atoms with van der Waals surface area (Å²) in [5, 5.41) is 20.5. The molecule has 0 amide bonds. The number of fused-ring (bicyclic) bond motifs is 2. The lowest BCUT2D eigenvalue weighted by Crippen LogP contribution is -3.00. The van der Waals surface area contributed by atoms with Crippen molar-refractivity contribution in [1.29, 1.82) is 0 Å².